The minimum Gasteiger partial charge on any atom is -0.359 e. The van der Waals surface area contributed by atoms with Crippen molar-refractivity contribution in [1.82, 2.24) is 4.98 Å². The Morgan fingerprint density at radius 2 is 2.40 bits per heavy atom. The van der Waals surface area contributed by atoms with Gasteiger partial charge >= 0.3 is 0 Å². The normalized spacial score (nSPS) is 10.3. The van der Waals surface area contributed by atoms with E-state index in [2.05, 4.69) is 16.3 Å². The number of hydrogen-bond acceptors (Lipinski definition) is 3. The van der Waals surface area contributed by atoms with Gasteiger partial charge in [-0.05, 0) is 12.1 Å². The minimum absolute atomic E-state index is 0.126. The second-order valence-corrected chi connectivity index (χ2v) is 3.12. The largest absolute Gasteiger partial charge is 0.359 e. The maximum absolute atomic E-state index is 13.3. The van der Waals surface area contributed by atoms with Crippen molar-refractivity contribution in [2.75, 3.05) is 13.9 Å². The zero-order valence-electron chi connectivity index (χ0n) is 8.30. The van der Waals surface area contributed by atoms with E-state index in [0.717, 1.165) is 0 Å². The van der Waals surface area contributed by atoms with Crippen LogP contribution in [-0.4, -0.2) is 18.9 Å². The molecule has 1 aromatic rings. The van der Waals surface area contributed by atoms with E-state index < -0.39 is 5.82 Å². The van der Waals surface area contributed by atoms with Gasteiger partial charge in [0.05, 0.1) is 12.3 Å². The Labute approximate surface area is 92.5 Å². The van der Waals surface area contributed by atoms with Crippen molar-refractivity contribution < 1.29 is 13.9 Å². The van der Waals surface area contributed by atoms with Gasteiger partial charge in [0, 0.05) is 12.7 Å². The summed E-state index contributed by atoms with van der Waals surface area (Å²) in [4.78, 5) is 3.82. The quantitative estimate of drug-likeness (QED) is 0.444. The maximum atomic E-state index is 13.3. The smallest absolute Gasteiger partial charge is 0.149 e. The van der Waals surface area contributed by atoms with Crippen LogP contribution >= 0.6 is 11.6 Å². The van der Waals surface area contributed by atoms with Crippen molar-refractivity contribution in [2.24, 2.45) is 0 Å². The molecule has 0 aromatic carbocycles. The van der Waals surface area contributed by atoms with Gasteiger partial charge in [0.1, 0.15) is 17.8 Å². The zero-order valence-corrected chi connectivity index (χ0v) is 9.05. The van der Waals surface area contributed by atoms with Crippen molar-refractivity contribution in [3.05, 3.63) is 34.9 Å². The third kappa shape index (κ3) is 3.27. The number of rotatable bonds is 5. The lowest BCUT2D eigenvalue weighted by atomic mass is 10.2. The highest BCUT2D eigenvalue weighted by Crippen LogP contribution is 2.18. The van der Waals surface area contributed by atoms with Gasteiger partial charge in [-0.15, -0.1) is 0 Å². The first-order valence-electron chi connectivity index (χ1n) is 4.23. The van der Waals surface area contributed by atoms with Crippen molar-refractivity contribution >= 4 is 17.7 Å². The molecule has 0 bridgehead atoms. The molecule has 3 nitrogen and oxygen atoms in total. The van der Waals surface area contributed by atoms with Crippen LogP contribution in [0.3, 0.4) is 0 Å². The molecule has 0 radical (unpaired) electrons. The van der Waals surface area contributed by atoms with Crippen molar-refractivity contribution in [3.8, 4) is 0 Å². The molecule has 0 saturated carbocycles. The number of methoxy groups -OCH3 is 1. The monoisotopic (exact) mass is 231 g/mol. The second-order valence-electron chi connectivity index (χ2n) is 2.76. The number of halogens is 2. The van der Waals surface area contributed by atoms with Gasteiger partial charge in [0.25, 0.3) is 0 Å². The van der Waals surface area contributed by atoms with E-state index in [9.17, 15) is 4.39 Å². The zero-order chi connectivity index (χ0) is 11.3. The fourth-order valence-corrected chi connectivity index (χ4v) is 1.20. The summed E-state index contributed by atoms with van der Waals surface area (Å²) in [5.74, 6) is -0.467. The second kappa shape index (κ2) is 5.80. The van der Waals surface area contributed by atoms with E-state index in [-0.39, 0.29) is 24.2 Å². The van der Waals surface area contributed by atoms with Crippen LogP contribution in [0.4, 0.5) is 4.39 Å². The lowest BCUT2D eigenvalue weighted by molar-refractivity contribution is -0.0391. The predicted octanol–water partition coefficient (Wildman–Crippen LogP) is 2.64. The summed E-state index contributed by atoms with van der Waals surface area (Å²) in [5.41, 5.74) is 0.618. The van der Waals surface area contributed by atoms with Crippen LogP contribution in [0, 0.1) is 5.82 Å². The summed E-state index contributed by atoms with van der Waals surface area (Å²) in [7, 11) is 1.50. The van der Waals surface area contributed by atoms with Crippen LogP contribution in [-0.2, 0) is 16.1 Å². The van der Waals surface area contributed by atoms with Gasteiger partial charge in [0.2, 0.25) is 0 Å². The Hall–Kier alpha value is -0.970. The summed E-state index contributed by atoms with van der Waals surface area (Å²) in [5, 5.41) is 0.211. The molecule has 15 heavy (non-hydrogen) atoms. The molecule has 1 aromatic heterocycles. The number of aromatic nitrogens is 1. The Morgan fingerprint density at radius 1 is 1.67 bits per heavy atom. The molecule has 0 spiro atoms. The number of pyridine rings is 1. The Bertz CT molecular complexity index is 358. The molecule has 0 N–H and O–H groups in total. The van der Waals surface area contributed by atoms with Gasteiger partial charge in [-0.2, -0.15) is 0 Å². The molecular formula is C10H11ClFNO2. The standard InChI is InChI=1S/C10H11ClFNO2/c1-3-9-8(12)4-7(10(11)13-9)5-15-6-14-2/h3-4H,1,5-6H2,2H3. The molecule has 0 amide bonds. The molecule has 1 heterocycles. The lowest BCUT2D eigenvalue weighted by Crippen LogP contribution is -2.00. The molecular weight excluding hydrogens is 221 g/mol. The van der Waals surface area contributed by atoms with Gasteiger partial charge < -0.3 is 9.47 Å². The van der Waals surface area contributed by atoms with Crippen molar-refractivity contribution in [3.63, 3.8) is 0 Å². The average Bonchev–Trinajstić information content (AvgIpc) is 2.23. The van der Waals surface area contributed by atoms with Gasteiger partial charge in [-0.3, -0.25) is 0 Å². The third-order valence-electron chi connectivity index (χ3n) is 1.68. The highest BCUT2D eigenvalue weighted by atomic mass is 35.5. The van der Waals surface area contributed by atoms with Crippen LogP contribution in [0.5, 0.6) is 0 Å². The molecule has 0 saturated heterocycles. The molecule has 0 aliphatic carbocycles. The molecule has 0 unspecified atom stereocenters. The SMILES string of the molecule is C=Cc1nc(Cl)c(COCOC)cc1F. The summed E-state index contributed by atoms with van der Waals surface area (Å²) in [6.07, 6.45) is 1.31. The Balaban J connectivity index is 2.80. The molecule has 5 heteroatoms. The van der Waals surface area contributed by atoms with Crippen LogP contribution in [0.2, 0.25) is 5.15 Å². The van der Waals surface area contributed by atoms with Crippen LogP contribution < -0.4 is 0 Å². The van der Waals surface area contributed by atoms with E-state index in [1.807, 2.05) is 0 Å². The highest BCUT2D eigenvalue weighted by molar-refractivity contribution is 6.30. The predicted molar refractivity (Wildman–Crippen MR) is 56.0 cm³/mol. The first kappa shape index (κ1) is 12.1. The van der Waals surface area contributed by atoms with Gasteiger partial charge in [-0.1, -0.05) is 18.2 Å². The molecule has 0 aliphatic rings. The lowest BCUT2D eigenvalue weighted by Gasteiger charge is -2.06. The summed E-state index contributed by atoms with van der Waals surface area (Å²) >= 11 is 5.81. The summed E-state index contributed by atoms with van der Waals surface area (Å²) < 4.78 is 23.0. The fraction of sp³-hybridized carbons (Fsp3) is 0.300. The summed E-state index contributed by atoms with van der Waals surface area (Å²) in [6, 6.07) is 1.28. The van der Waals surface area contributed by atoms with E-state index in [4.69, 9.17) is 16.3 Å². The first-order chi connectivity index (χ1) is 7.19. The van der Waals surface area contributed by atoms with E-state index in [1.54, 1.807) is 0 Å². The summed E-state index contributed by atoms with van der Waals surface area (Å²) in [6.45, 7) is 3.71. The van der Waals surface area contributed by atoms with E-state index >= 15 is 0 Å². The van der Waals surface area contributed by atoms with E-state index in [0.29, 0.717) is 5.56 Å². The van der Waals surface area contributed by atoms with Crippen LogP contribution in [0.1, 0.15) is 11.3 Å². The average molecular weight is 232 g/mol. The van der Waals surface area contributed by atoms with Gasteiger partial charge in [-0.25, -0.2) is 9.37 Å². The van der Waals surface area contributed by atoms with Crippen LogP contribution in [0.15, 0.2) is 12.6 Å². The number of nitrogens with zero attached hydrogens (tertiary/aromatic N) is 1. The Kier molecular flexibility index (Phi) is 4.68. The first-order valence-corrected chi connectivity index (χ1v) is 4.61. The van der Waals surface area contributed by atoms with Crippen molar-refractivity contribution in [2.45, 2.75) is 6.61 Å². The topological polar surface area (TPSA) is 31.4 Å². The van der Waals surface area contributed by atoms with Gasteiger partial charge in [0.15, 0.2) is 0 Å². The molecule has 82 valence electrons. The van der Waals surface area contributed by atoms with Crippen molar-refractivity contribution in [1.29, 1.82) is 0 Å². The highest BCUT2D eigenvalue weighted by Gasteiger charge is 2.08. The van der Waals surface area contributed by atoms with E-state index in [1.165, 1.54) is 19.3 Å². The molecule has 0 fully saturated rings. The molecule has 0 aliphatic heterocycles. The fourth-order valence-electron chi connectivity index (χ4n) is 0.997. The molecule has 1 rings (SSSR count). The molecule has 0 atom stereocenters. The maximum Gasteiger partial charge on any atom is 0.149 e. The van der Waals surface area contributed by atoms with Crippen LogP contribution in [0.25, 0.3) is 6.08 Å². The Morgan fingerprint density at radius 3 is 3.00 bits per heavy atom. The number of hydrogen-bond donors (Lipinski definition) is 0. The third-order valence-corrected chi connectivity index (χ3v) is 2.01. The number of ether oxygens (including phenoxy) is 2. The minimum atomic E-state index is -0.467.